The number of hydrogen-bond acceptors (Lipinski definition) is 4. The fourth-order valence-corrected chi connectivity index (χ4v) is 2.84. The molecule has 0 atom stereocenters. The lowest BCUT2D eigenvalue weighted by atomic mass is 9.97. The first-order valence-corrected chi connectivity index (χ1v) is 7.18. The number of nitrogens with zero attached hydrogens (tertiary/aromatic N) is 3. The first-order valence-electron chi connectivity index (χ1n) is 7.18. The standard InChI is InChI=1S/C14H21N5/c15-12-10-19-9-8-16-14(19)13(18-12)17-11-6-4-2-1-3-5-7-11/h8-11H,1-7,15H2,(H,17,18). The molecule has 0 aliphatic heterocycles. The van der Waals surface area contributed by atoms with Crippen LogP contribution < -0.4 is 11.1 Å². The molecule has 5 nitrogen and oxygen atoms in total. The second-order valence-electron chi connectivity index (χ2n) is 5.36. The summed E-state index contributed by atoms with van der Waals surface area (Å²) in [6, 6.07) is 0.495. The van der Waals surface area contributed by atoms with Crippen LogP contribution in [0.4, 0.5) is 11.6 Å². The molecule has 1 aliphatic rings. The zero-order valence-electron chi connectivity index (χ0n) is 11.2. The average molecular weight is 259 g/mol. The van der Waals surface area contributed by atoms with Crippen molar-refractivity contribution in [1.29, 1.82) is 0 Å². The molecule has 102 valence electrons. The first-order chi connectivity index (χ1) is 9.33. The Kier molecular flexibility index (Phi) is 3.53. The first kappa shape index (κ1) is 12.3. The summed E-state index contributed by atoms with van der Waals surface area (Å²) in [7, 11) is 0. The highest BCUT2D eigenvalue weighted by Gasteiger charge is 2.14. The van der Waals surface area contributed by atoms with E-state index in [-0.39, 0.29) is 0 Å². The van der Waals surface area contributed by atoms with Gasteiger partial charge in [0.05, 0.1) is 6.20 Å². The Hall–Kier alpha value is -1.78. The zero-order valence-corrected chi connectivity index (χ0v) is 11.2. The van der Waals surface area contributed by atoms with Gasteiger partial charge in [0.2, 0.25) is 0 Å². The number of anilines is 2. The molecule has 0 saturated heterocycles. The van der Waals surface area contributed by atoms with E-state index >= 15 is 0 Å². The van der Waals surface area contributed by atoms with E-state index in [2.05, 4.69) is 15.3 Å². The largest absolute Gasteiger partial charge is 0.382 e. The van der Waals surface area contributed by atoms with Gasteiger partial charge in [-0.25, -0.2) is 9.97 Å². The maximum absolute atomic E-state index is 5.85. The summed E-state index contributed by atoms with van der Waals surface area (Å²) in [6.07, 6.45) is 14.6. The third-order valence-corrected chi connectivity index (χ3v) is 3.84. The van der Waals surface area contributed by atoms with Crippen LogP contribution in [0.3, 0.4) is 0 Å². The molecular formula is C14H21N5. The van der Waals surface area contributed by atoms with Crippen molar-refractivity contribution in [3.63, 3.8) is 0 Å². The molecule has 2 aromatic heterocycles. The summed E-state index contributed by atoms with van der Waals surface area (Å²) in [6.45, 7) is 0. The van der Waals surface area contributed by atoms with E-state index in [9.17, 15) is 0 Å². The molecule has 1 fully saturated rings. The van der Waals surface area contributed by atoms with E-state index in [1.165, 1.54) is 44.9 Å². The van der Waals surface area contributed by atoms with Crippen LogP contribution in [0.2, 0.25) is 0 Å². The Balaban J connectivity index is 1.81. The van der Waals surface area contributed by atoms with Crippen molar-refractivity contribution in [1.82, 2.24) is 14.4 Å². The molecule has 0 spiro atoms. The van der Waals surface area contributed by atoms with Gasteiger partial charge in [-0.15, -0.1) is 0 Å². The van der Waals surface area contributed by atoms with Gasteiger partial charge in [0.1, 0.15) is 5.82 Å². The normalized spacial score (nSPS) is 18.1. The highest BCUT2D eigenvalue weighted by atomic mass is 15.1. The minimum absolute atomic E-state index is 0.495. The topological polar surface area (TPSA) is 68.2 Å². The van der Waals surface area contributed by atoms with Gasteiger partial charge in [0.15, 0.2) is 11.5 Å². The number of nitrogens with one attached hydrogen (secondary N) is 1. The van der Waals surface area contributed by atoms with Gasteiger partial charge < -0.3 is 15.5 Å². The highest BCUT2D eigenvalue weighted by molar-refractivity contribution is 5.65. The van der Waals surface area contributed by atoms with Gasteiger partial charge >= 0.3 is 0 Å². The summed E-state index contributed by atoms with van der Waals surface area (Å²) < 4.78 is 1.92. The molecular weight excluding hydrogens is 238 g/mol. The van der Waals surface area contributed by atoms with Crippen molar-refractivity contribution in [3.05, 3.63) is 18.6 Å². The molecule has 1 saturated carbocycles. The number of aromatic nitrogens is 3. The Morgan fingerprint density at radius 1 is 1.16 bits per heavy atom. The molecule has 3 rings (SSSR count). The van der Waals surface area contributed by atoms with Crippen LogP contribution in [0.25, 0.3) is 5.65 Å². The summed E-state index contributed by atoms with van der Waals surface area (Å²) in [5.41, 5.74) is 6.70. The number of hydrogen-bond donors (Lipinski definition) is 2. The second-order valence-corrected chi connectivity index (χ2v) is 5.36. The number of fused-ring (bicyclic) bond motifs is 1. The highest BCUT2D eigenvalue weighted by Crippen LogP contribution is 2.22. The molecule has 0 unspecified atom stereocenters. The van der Waals surface area contributed by atoms with Gasteiger partial charge in [0.25, 0.3) is 0 Å². The molecule has 0 aromatic carbocycles. The second kappa shape index (κ2) is 5.47. The third kappa shape index (κ3) is 2.80. The Morgan fingerprint density at radius 2 is 1.89 bits per heavy atom. The minimum atomic E-state index is 0.495. The lowest BCUT2D eigenvalue weighted by Gasteiger charge is -2.21. The van der Waals surface area contributed by atoms with Crippen molar-refractivity contribution in [2.45, 2.75) is 51.0 Å². The average Bonchev–Trinajstić information content (AvgIpc) is 2.80. The van der Waals surface area contributed by atoms with E-state index in [4.69, 9.17) is 5.73 Å². The van der Waals surface area contributed by atoms with E-state index in [0.717, 1.165) is 11.5 Å². The van der Waals surface area contributed by atoms with Gasteiger partial charge in [-0.1, -0.05) is 32.1 Å². The molecule has 2 heterocycles. The molecule has 0 amide bonds. The molecule has 5 heteroatoms. The summed E-state index contributed by atoms with van der Waals surface area (Å²) >= 11 is 0. The number of nitrogen functional groups attached to an aromatic ring is 1. The summed E-state index contributed by atoms with van der Waals surface area (Å²) in [5, 5.41) is 3.54. The van der Waals surface area contributed by atoms with Gasteiger partial charge in [-0.2, -0.15) is 0 Å². The smallest absolute Gasteiger partial charge is 0.180 e. The number of rotatable bonds is 2. The van der Waals surface area contributed by atoms with Crippen molar-refractivity contribution in [2.24, 2.45) is 0 Å². The van der Waals surface area contributed by atoms with E-state index in [0.29, 0.717) is 11.9 Å². The predicted molar refractivity (Wildman–Crippen MR) is 77.1 cm³/mol. The Labute approximate surface area is 113 Å². The minimum Gasteiger partial charge on any atom is -0.382 e. The van der Waals surface area contributed by atoms with Crippen LogP contribution in [0.1, 0.15) is 44.9 Å². The quantitative estimate of drug-likeness (QED) is 0.870. The Morgan fingerprint density at radius 3 is 2.68 bits per heavy atom. The lowest BCUT2D eigenvalue weighted by Crippen LogP contribution is -2.22. The molecule has 3 N–H and O–H groups in total. The summed E-state index contributed by atoms with van der Waals surface area (Å²) in [4.78, 5) is 8.75. The van der Waals surface area contributed by atoms with Gasteiger partial charge in [0, 0.05) is 18.4 Å². The SMILES string of the molecule is Nc1cn2ccnc2c(NC2CCCCCCC2)n1. The van der Waals surface area contributed by atoms with Crippen molar-refractivity contribution in [2.75, 3.05) is 11.1 Å². The fourth-order valence-electron chi connectivity index (χ4n) is 2.84. The molecule has 19 heavy (non-hydrogen) atoms. The van der Waals surface area contributed by atoms with E-state index in [1.54, 1.807) is 12.4 Å². The van der Waals surface area contributed by atoms with E-state index < -0.39 is 0 Å². The molecule has 1 aliphatic carbocycles. The van der Waals surface area contributed by atoms with Gasteiger partial charge in [-0.05, 0) is 12.8 Å². The zero-order chi connectivity index (χ0) is 13.1. The number of imidazole rings is 1. The summed E-state index contributed by atoms with van der Waals surface area (Å²) in [5.74, 6) is 1.34. The maximum atomic E-state index is 5.85. The predicted octanol–water partition coefficient (Wildman–Crippen LogP) is 2.84. The molecule has 0 bridgehead atoms. The molecule has 0 radical (unpaired) electrons. The van der Waals surface area contributed by atoms with Crippen molar-refractivity contribution < 1.29 is 0 Å². The third-order valence-electron chi connectivity index (χ3n) is 3.84. The van der Waals surface area contributed by atoms with Crippen LogP contribution in [0, 0.1) is 0 Å². The Bertz CT molecular complexity index is 540. The van der Waals surface area contributed by atoms with Crippen LogP contribution in [-0.4, -0.2) is 20.4 Å². The van der Waals surface area contributed by atoms with Crippen LogP contribution in [0.5, 0.6) is 0 Å². The fraction of sp³-hybridized carbons (Fsp3) is 0.571. The maximum Gasteiger partial charge on any atom is 0.180 e. The van der Waals surface area contributed by atoms with Crippen molar-refractivity contribution in [3.8, 4) is 0 Å². The monoisotopic (exact) mass is 259 g/mol. The lowest BCUT2D eigenvalue weighted by molar-refractivity contribution is 0.471. The van der Waals surface area contributed by atoms with E-state index in [1.807, 2.05) is 10.6 Å². The van der Waals surface area contributed by atoms with Crippen LogP contribution >= 0.6 is 0 Å². The van der Waals surface area contributed by atoms with Crippen LogP contribution in [-0.2, 0) is 0 Å². The number of nitrogens with two attached hydrogens (primary N) is 1. The van der Waals surface area contributed by atoms with Crippen LogP contribution in [0.15, 0.2) is 18.6 Å². The van der Waals surface area contributed by atoms with Crippen molar-refractivity contribution >= 4 is 17.3 Å². The molecule has 2 aromatic rings. The van der Waals surface area contributed by atoms with Gasteiger partial charge in [-0.3, -0.25) is 0 Å².